The third-order valence-electron chi connectivity index (χ3n) is 3.08. The summed E-state index contributed by atoms with van der Waals surface area (Å²) in [5.41, 5.74) is 3.19. The molecule has 0 aliphatic rings. The number of ketones is 1. The number of hydrogen-bond donors (Lipinski definition) is 0. The fraction of sp³-hybridized carbons (Fsp3) is 0.467. The maximum atomic E-state index is 11.2. The van der Waals surface area contributed by atoms with Gasteiger partial charge in [0.1, 0.15) is 11.6 Å². The normalized spacial score (nSPS) is 11.4. The molecule has 18 heavy (non-hydrogen) atoms. The second-order valence-corrected chi connectivity index (χ2v) is 5.39. The van der Waals surface area contributed by atoms with Crippen LogP contribution in [0.2, 0.25) is 0 Å². The first-order chi connectivity index (χ1) is 8.47. The van der Waals surface area contributed by atoms with Gasteiger partial charge in [0.15, 0.2) is 0 Å². The molecular formula is C15H20N2O. The summed E-state index contributed by atoms with van der Waals surface area (Å²) in [5.74, 6) is 1.90. The lowest BCUT2D eigenvalue weighted by molar-refractivity contribution is -0.116. The number of carbonyl (C=O) groups is 1. The van der Waals surface area contributed by atoms with E-state index in [1.807, 2.05) is 19.2 Å². The third kappa shape index (κ3) is 2.61. The van der Waals surface area contributed by atoms with Gasteiger partial charge in [0.05, 0.1) is 11.0 Å². The molecule has 96 valence electrons. The lowest BCUT2D eigenvalue weighted by atomic mass is 10.1. The summed E-state index contributed by atoms with van der Waals surface area (Å²) in [6, 6.07) is 6.08. The van der Waals surface area contributed by atoms with Crippen molar-refractivity contribution >= 4 is 16.8 Å². The van der Waals surface area contributed by atoms with Crippen molar-refractivity contribution < 1.29 is 4.79 Å². The Balaban J connectivity index is 2.43. The summed E-state index contributed by atoms with van der Waals surface area (Å²) in [7, 11) is 2.05. The average molecular weight is 244 g/mol. The molecule has 0 N–H and O–H groups in total. The molecule has 0 radical (unpaired) electrons. The molecule has 2 rings (SSSR count). The molecule has 0 fully saturated rings. The van der Waals surface area contributed by atoms with Gasteiger partial charge in [-0.2, -0.15) is 0 Å². The van der Waals surface area contributed by atoms with Crippen LogP contribution in [-0.4, -0.2) is 15.3 Å². The van der Waals surface area contributed by atoms with Gasteiger partial charge < -0.3 is 4.57 Å². The third-order valence-corrected chi connectivity index (χ3v) is 3.08. The molecule has 3 heteroatoms. The molecule has 0 aliphatic heterocycles. The number of imidazole rings is 1. The van der Waals surface area contributed by atoms with Crippen LogP contribution in [-0.2, 0) is 24.7 Å². The van der Waals surface area contributed by atoms with E-state index in [0.717, 1.165) is 28.8 Å². The Morgan fingerprint density at radius 2 is 2.11 bits per heavy atom. The number of rotatable bonds is 4. The Morgan fingerprint density at radius 1 is 1.39 bits per heavy atom. The van der Waals surface area contributed by atoms with Gasteiger partial charge in [-0.25, -0.2) is 4.98 Å². The first kappa shape index (κ1) is 12.8. The molecular weight excluding hydrogens is 224 g/mol. The molecule has 0 atom stereocenters. The maximum absolute atomic E-state index is 11.2. The van der Waals surface area contributed by atoms with E-state index in [-0.39, 0.29) is 5.78 Å². The van der Waals surface area contributed by atoms with Crippen LogP contribution in [0.4, 0.5) is 0 Å². The van der Waals surface area contributed by atoms with Crippen LogP contribution in [0, 0.1) is 5.92 Å². The number of carbonyl (C=O) groups excluding carboxylic acids is 1. The quantitative estimate of drug-likeness (QED) is 0.829. The molecule has 0 saturated carbocycles. The summed E-state index contributed by atoms with van der Waals surface area (Å²) >= 11 is 0. The standard InChI is InChI=1S/C15H20N2O/c1-10(2)7-15-16-13-6-5-12(8-11(3)18)9-14(13)17(15)4/h5-6,9-10H,7-8H2,1-4H3. The summed E-state index contributed by atoms with van der Waals surface area (Å²) in [6.07, 6.45) is 1.48. The van der Waals surface area contributed by atoms with Crippen molar-refractivity contribution in [1.29, 1.82) is 0 Å². The Morgan fingerprint density at radius 3 is 2.72 bits per heavy atom. The zero-order valence-corrected chi connectivity index (χ0v) is 11.5. The van der Waals surface area contributed by atoms with E-state index in [9.17, 15) is 4.79 Å². The van der Waals surface area contributed by atoms with Gasteiger partial charge in [-0.15, -0.1) is 0 Å². The van der Waals surface area contributed by atoms with E-state index < -0.39 is 0 Å². The highest BCUT2D eigenvalue weighted by Gasteiger charge is 2.10. The Labute approximate surface area is 108 Å². The number of nitrogens with zero attached hydrogens (tertiary/aromatic N) is 2. The first-order valence-corrected chi connectivity index (χ1v) is 6.41. The molecule has 1 aromatic carbocycles. The monoisotopic (exact) mass is 244 g/mol. The SMILES string of the molecule is CC(=O)Cc1ccc2nc(CC(C)C)n(C)c2c1. The van der Waals surface area contributed by atoms with E-state index >= 15 is 0 Å². The van der Waals surface area contributed by atoms with Crippen LogP contribution in [0.15, 0.2) is 18.2 Å². The minimum absolute atomic E-state index is 0.193. The molecule has 0 spiro atoms. The van der Waals surface area contributed by atoms with Gasteiger partial charge in [-0.05, 0) is 30.5 Å². The van der Waals surface area contributed by atoms with Gasteiger partial charge in [0, 0.05) is 19.9 Å². The molecule has 0 amide bonds. The van der Waals surface area contributed by atoms with E-state index in [0.29, 0.717) is 12.3 Å². The fourth-order valence-corrected chi connectivity index (χ4v) is 2.23. The highest BCUT2D eigenvalue weighted by Crippen LogP contribution is 2.19. The second-order valence-electron chi connectivity index (χ2n) is 5.39. The van der Waals surface area contributed by atoms with Crippen LogP contribution in [0.25, 0.3) is 11.0 Å². The topological polar surface area (TPSA) is 34.9 Å². The predicted molar refractivity (Wildman–Crippen MR) is 73.6 cm³/mol. The molecule has 0 saturated heterocycles. The number of fused-ring (bicyclic) bond motifs is 1. The smallest absolute Gasteiger partial charge is 0.134 e. The zero-order chi connectivity index (χ0) is 13.3. The minimum atomic E-state index is 0.193. The molecule has 1 aromatic heterocycles. The van der Waals surface area contributed by atoms with Crippen molar-refractivity contribution in [1.82, 2.24) is 9.55 Å². The molecule has 3 nitrogen and oxygen atoms in total. The zero-order valence-electron chi connectivity index (χ0n) is 11.5. The van der Waals surface area contributed by atoms with Gasteiger partial charge in [0.2, 0.25) is 0 Å². The van der Waals surface area contributed by atoms with Crippen LogP contribution >= 0.6 is 0 Å². The summed E-state index contributed by atoms with van der Waals surface area (Å²) in [6.45, 7) is 6.01. The molecule has 2 aromatic rings. The molecule has 0 bridgehead atoms. The predicted octanol–water partition coefficient (Wildman–Crippen LogP) is 2.90. The number of hydrogen-bond acceptors (Lipinski definition) is 2. The van der Waals surface area contributed by atoms with Crippen LogP contribution < -0.4 is 0 Å². The van der Waals surface area contributed by atoms with Crippen LogP contribution in [0.1, 0.15) is 32.2 Å². The van der Waals surface area contributed by atoms with Crippen LogP contribution in [0.5, 0.6) is 0 Å². The van der Waals surface area contributed by atoms with E-state index in [2.05, 4.69) is 29.5 Å². The van der Waals surface area contributed by atoms with Crippen LogP contribution in [0.3, 0.4) is 0 Å². The second kappa shape index (κ2) is 4.92. The van der Waals surface area contributed by atoms with Gasteiger partial charge in [-0.1, -0.05) is 19.9 Å². The first-order valence-electron chi connectivity index (χ1n) is 6.41. The van der Waals surface area contributed by atoms with Crippen molar-refractivity contribution in [3.8, 4) is 0 Å². The number of benzene rings is 1. The van der Waals surface area contributed by atoms with Crippen molar-refractivity contribution in [2.75, 3.05) is 0 Å². The summed E-state index contributed by atoms with van der Waals surface area (Å²) < 4.78 is 2.14. The van der Waals surface area contributed by atoms with Crippen molar-refractivity contribution in [3.63, 3.8) is 0 Å². The Hall–Kier alpha value is -1.64. The van der Waals surface area contributed by atoms with Crippen molar-refractivity contribution in [2.24, 2.45) is 13.0 Å². The van der Waals surface area contributed by atoms with E-state index in [1.54, 1.807) is 6.92 Å². The number of Topliss-reactive ketones (excluding diaryl/α,β-unsaturated/α-hetero) is 1. The molecule has 0 unspecified atom stereocenters. The van der Waals surface area contributed by atoms with E-state index in [1.165, 1.54) is 0 Å². The van der Waals surface area contributed by atoms with Crippen molar-refractivity contribution in [3.05, 3.63) is 29.6 Å². The number of aryl methyl sites for hydroxylation is 1. The minimum Gasteiger partial charge on any atom is -0.331 e. The molecule has 0 aliphatic carbocycles. The summed E-state index contributed by atoms with van der Waals surface area (Å²) in [4.78, 5) is 15.8. The molecule has 1 heterocycles. The Bertz CT molecular complexity index is 581. The number of aromatic nitrogens is 2. The largest absolute Gasteiger partial charge is 0.331 e. The van der Waals surface area contributed by atoms with Gasteiger partial charge in [-0.3, -0.25) is 4.79 Å². The van der Waals surface area contributed by atoms with Gasteiger partial charge >= 0.3 is 0 Å². The Kier molecular flexibility index (Phi) is 3.50. The summed E-state index contributed by atoms with van der Waals surface area (Å²) in [5, 5.41) is 0. The van der Waals surface area contributed by atoms with Crippen molar-refractivity contribution in [2.45, 2.75) is 33.6 Å². The maximum Gasteiger partial charge on any atom is 0.134 e. The van der Waals surface area contributed by atoms with Gasteiger partial charge in [0.25, 0.3) is 0 Å². The lowest BCUT2D eigenvalue weighted by Gasteiger charge is -2.05. The average Bonchev–Trinajstić information content (AvgIpc) is 2.55. The van der Waals surface area contributed by atoms with E-state index in [4.69, 9.17) is 0 Å². The highest BCUT2D eigenvalue weighted by atomic mass is 16.1. The fourth-order valence-electron chi connectivity index (χ4n) is 2.23. The lowest BCUT2D eigenvalue weighted by Crippen LogP contribution is -2.02. The highest BCUT2D eigenvalue weighted by molar-refractivity contribution is 5.81.